The van der Waals surface area contributed by atoms with Crippen molar-refractivity contribution < 1.29 is 14.7 Å². The molecule has 2 heterocycles. The Labute approximate surface area is 232 Å². The van der Waals surface area contributed by atoms with Crippen molar-refractivity contribution in [2.24, 2.45) is 0 Å². The summed E-state index contributed by atoms with van der Waals surface area (Å²) in [6.07, 6.45) is 1.99. The van der Waals surface area contributed by atoms with Gasteiger partial charge in [-0.1, -0.05) is 67.5 Å². The van der Waals surface area contributed by atoms with Crippen LogP contribution < -0.4 is 16.1 Å². The molecule has 1 atom stereocenters. The zero-order valence-electron chi connectivity index (χ0n) is 22.0. The van der Waals surface area contributed by atoms with E-state index in [2.05, 4.69) is 15.7 Å². The first-order valence-corrected chi connectivity index (χ1v) is 13.2. The van der Waals surface area contributed by atoms with E-state index in [9.17, 15) is 14.7 Å². The second-order valence-corrected chi connectivity index (χ2v) is 9.82. The Balaban J connectivity index is 1.14. The number of fused-ring (bicyclic) bond motifs is 2. The van der Waals surface area contributed by atoms with Gasteiger partial charge in [-0.25, -0.2) is 4.98 Å². The number of carbonyl (C=O) groups excluding carboxylic acids is 2. The van der Waals surface area contributed by atoms with Gasteiger partial charge in [-0.2, -0.15) is 9.61 Å². The molecule has 1 unspecified atom stereocenters. The lowest BCUT2D eigenvalue weighted by atomic mass is 9.75. The first-order valence-electron chi connectivity index (χ1n) is 13.2. The molecule has 5 aromatic rings. The van der Waals surface area contributed by atoms with Gasteiger partial charge in [-0.3, -0.25) is 9.59 Å². The van der Waals surface area contributed by atoms with Crippen LogP contribution in [0.3, 0.4) is 0 Å². The van der Waals surface area contributed by atoms with Crippen LogP contribution >= 0.6 is 0 Å². The van der Waals surface area contributed by atoms with Crippen LogP contribution in [0.5, 0.6) is 5.75 Å². The maximum absolute atomic E-state index is 12.8. The standard InChI is InChI=1S/C31H27BN5O3/c1-32-25-18-35-37-29(15-26(36-30(25)37)23-8-4-5-9-27(23)38)33-16-19-10-12-20(13-11-19)17-34-31(40)24-14-28(39)22-7-3-2-6-21(22)24/h2-13,15,18,24,33,38H,14,16-17H2,1H3,(H,34,40). The van der Waals surface area contributed by atoms with Gasteiger partial charge < -0.3 is 15.7 Å². The topological polar surface area (TPSA) is 109 Å². The maximum Gasteiger partial charge on any atom is 0.228 e. The van der Waals surface area contributed by atoms with Crippen LogP contribution in [0.1, 0.15) is 39.4 Å². The van der Waals surface area contributed by atoms with Gasteiger partial charge >= 0.3 is 0 Å². The normalized spacial score (nSPS) is 14.2. The van der Waals surface area contributed by atoms with Crippen LogP contribution in [0.2, 0.25) is 6.82 Å². The lowest BCUT2D eigenvalue weighted by Gasteiger charge is -2.13. The molecule has 0 bridgehead atoms. The number of benzene rings is 3. The Kier molecular flexibility index (Phi) is 6.78. The van der Waals surface area contributed by atoms with Gasteiger partial charge in [0.15, 0.2) is 18.7 Å². The minimum absolute atomic E-state index is 0.0194. The molecule has 9 heteroatoms. The number of rotatable bonds is 8. The van der Waals surface area contributed by atoms with Crippen LogP contribution in [0.25, 0.3) is 16.9 Å². The first kappa shape index (κ1) is 25.4. The summed E-state index contributed by atoms with van der Waals surface area (Å²) in [6.45, 7) is 2.87. The number of Topliss-reactive ketones (excluding diaryl/α,β-unsaturated/α-hetero) is 1. The molecule has 1 aliphatic rings. The van der Waals surface area contributed by atoms with Crippen LogP contribution in [-0.2, 0) is 17.9 Å². The molecule has 6 rings (SSSR count). The number of hydrogen-bond acceptors (Lipinski definition) is 6. The van der Waals surface area contributed by atoms with Crippen molar-refractivity contribution in [1.82, 2.24) is 19.9 Å². The number of phenolic OH excluding ortho intramolecular Hbond substituents is 1. The van der Waals surface area contributed by atoms with Crippen molar-refractivity contribution >= 4 is 35.9 Å². The van der Waals surface area contributed by atoms with Gasteiger partial charge in [0, 0.05) is 42.9 Å². The molecule has 3 aromatic carbocycles. The number of phenols is 1. The van der Waals surface area contributed by atoms with Crippen molar-refractivity contribution in [2.45, 2.75) is 32.3 Å². The van der Waals surface area contributed by atoms with E-state index in [0.29, 0.717) is 35.6 Å². The predicted molar refractivity (Wildman–Crippen MR) is 155 cm³/mol. The lowest BCUT2D eigenvalue weighted by Crippen LogP contribution is -2.28. The SMILES string of the molecule is C[B]c1cnn2c(NCc3ccc(CNC(=O)C4CC(=O)c5ccccc54)cc3)cc(-c3ccccc3O)nc12. The highest BCUT2D eigenvalue weighted by Gasteiger charge is 2.33. The summed E-state index contributed by atoms with van der Waals surface area (Å²) in [6, 6.07) is 24.3. The summed E-state index contributed by atoms with van der Waals surface area (Å²) in [4.78, 5) is 29.8. The molecular formula is C31H27BN5O3. The first-order chi connectivity index (χ1) is 19.5. The average molecular weight is 528 g/mol. The average Bonchev–Trinajstić information content (AvgIpc) is 3.56. The van der Waals surface area contributed by atoms with E-state index in [-0.39, 0.29) is 23.9 Å². The molecular weight excluding hydrogens is 501 g/mol. The van der Waals surface area contributed by atoms with Crippen LogP contribution in [0.15, 0.2) is 85.1 Å². The van der Waals surface area contributed by atoms with Crippen molar-refractivity contribution in [3.05, 3.63) is 107 Å². The number of nitrogens with zero attached hydrogens (tertiary/aromatic N) is 3. The van der Waals surface area contributed by atoms with E-state index in [1.165, 1.54) is 0 Å². The molecule has 1 radical (unpaired) electrons. The van der Waals surface area contributed by atoms with E-state index in [1.807, 2.05) is 74.8 Å². The number of anilines is 1. The third-order valence-corrected chi connectivity index (χ3v) is 7.30. The summed E-state index contributed by atoms with van der Waals surface area (Å²) in [5.74, 6) is 0.373. The van der Waals surface area contributed by atoms with Gasteiger partial charge in [0.25, 0.3) is 0 Å². The summed E-state index contributed by atoms with van der Waals surface area (Å²) >= 11 is 0. The highest BCUT2D eigenvalue weighted by Crippen LogP contribution is 2.33. The predicted octanol–water partition coefficient (Wildman–Crippen LogP) is 4.08. The number of hydrogen-bond donors (Lipinski definition) is 3. The third-order valence-electron chi connectivity index (χ3n) is 7.30. The van der Waals surface area contributed by atoms with E-state index < -0.39 is 5.92 Å². The smallest absolute Gasteiger partial charge is 0.228 e. The van der Waals surface area contributed by atoms with E-state index >= 15 is 0 Å². The summed E-state index contributed by atoms with van der Waals surface area (Å²) in [5, 5.41) is 21.3. The van der Waals surface area contributed by atoms with Gasteiger partial charge in [0.2, 0.25) is 5.91 Å². The zero-order chi connectivity index (χ0) is 27.6. The van der Waals surface area contributed by atoms with Crippen molar-refractivity contribution in [3.8, 4) is 17.0 Å². The Morgan fingerprint density at radius 3 is 2.45 bits per heavy atom. The number of amides is 1. The number of nitrogens with one attached hydrogen (secondary N) is 2. The van der Waals surface area contributed by atoms with Crippen LogP contribution in [0.4, 0.5) is 5.82 Å². The number of para-hydroxylation sites is 1. The molecule has 0 aliphatic heterocycles. The Morgan fingerprint density at radius 1 is 1.00 bits per heavy atom. The summed E-state index contributed by atoms with van der Waals surface area (Å²) in [5.41, 5.74) is 6.37. The number of ketones is 1. The summed E-state index contributed by atoms with van der Waals surface area (Å²) < 4.78 is 1.76. The summed E-state index contributed by atoms with van der Waals surface area (Å²) in [7, 11) is 1.95. The Morgan fingerprint density at radius 2 is 1.70 bits per heavy atom. The quantitative estimate of drug-likeness (QED) is 0.262. The molecule has 8 nitrogen and oxygen atoms in total. The Hall–Kier alpha value is -4.92. The fraction of sp³-hybridized carbons (Fsp3) is 0.161. The number of aromatic nitrogens is 3. The Bertz CT molecular complexity index is 1730. The van der Waals surface area contributed by atoms with Crippen LogP contribution in [-0.4, -0.2) is 38.7 Å². The van der Waals surface area contributed by atoms with Crippen molar-refractivity contribution in [3.63, 3.8) is 0 Å². The molecule has 0 saturated carbocycles. The van der Waals surface area contributed by atoms with Gasteiger partial charge in [-0.15, -0.1) is 0 Å². The number of aromatic hydroxyl groups is 1. The van der Waals surface area contributed by atoms with Crippen LogP contribution in [0, 0.1) is 0 Å². The molecule has 0 fully saturated rings. The molecule has 40 heavy (non-hydrogen) atoms. The van der Waals surface area contributed by atoms with Crippen molar-refractivity contribution in [2.75, 3.05) is 5.32 Å². The molecule has 1 amide bonds. The van der Waals surface area contributed by atoms with Gasteiger partial charge in [0.05, 0.1) is 11.6 Å². The molecule has 0 saturated heterocycles. The minimum Gasteiger partial charge on any atom is -0.507 e. The van der Waals surface area contributed by atoms with E-state index in [0.717, 1.165) is 28.0 Å². The van der Waals surface area contributed by atoms with Crippen molar-refractivity contribution in [1.29, 1.82) is 0 Å². The molecule has 1 aliphatic carbocycles. The van der Waals surface area contributed by atoms with E-state index in [1.54, 1.807) is 28.9 Å². The molecule has 3 N–H and O–H groups in total. The molecule has 0 spiro atoms. The van der Waals surface area contributed by atoms with E-state index in [4.69, 9.17) is 4.98 Å². The highest BCUT2D eigenvalue weighted by atomic mass is 16.3. The fourth-order valence-electron chi connectivity index (χ4n) is 5.11. The highest BCUT2D eigenvalue weighted by molar-refractivity contribution is 6.54. The zero-order valence-corrected chi connectivity index (χ0v) is 22.0. The van der Waals surface area contributed by atoms with Gasteiger partial charge in [0.1, 0.15) is 11.6 Å². The fourth-order valence-corrected chi connectivity index (χ4v) is 5.11. The molecule has 2 aromatic heterocycles. The third kappa shape index (κ3) is 4.82. The largest absolute Gasteiger partial charge is 0.507 e. The number of carbonyl (C=O) groups is 2. The van der Waals surface area contributed by atoms with Gasteiger partial charge in [-0.05, 0) is 34.3 Å². The molecule has 197 valence electrons. The maximum atomic E-state index is 12.8. The second-order valence-electron chi connectivity index (χ2n) is 9.82. The monoisotopic (exact) mass is 528 g/mol. The second kappa shape index (κ2) is 10.7. The minimum atomic E-state index is -0.430. The lowest BCUT2D eigenvalue weighted by molar-refractivity contribution is -0.122.